The molecule has 0 aromatic carbocycles. The number of halogens is 3. The minimum absolute atomic E-state index is 0.0556. The summed E-state index contributed by atoms with van der Waals surface area (Å²) in [6.45, 7) is 1.72. The van der Waals surface area contributed by atoms with Crippen LogP contribution in [0.5, 0.6) is 0 Å². The Labute approximate surface area is 76.9 Å². The standard InChI is InChI=1S/C9H17F3O/c1-2-3-5-8(6-4-7-13)9(10,11)12/h8,13H,2-7H2,1H3. The van der Waals surface area contributed by atoms with E-state index in [0.29, 0.717) is 6.42 Å². The summed E-state index contributed by atoms with van der Waals surface area (Å²) >= 11 is 0. The molecule has 13 heavy (non-hydrogen) atoms. The predicted molar refractivity (Wildman–Crippen MR) is 45.4 cm³/mol. The number of hydrogen-bond donors (Lipinski definition) is 1. The lowest BCUT2D eigenvalue weighted by atomic mass is 9.96. The molecule has 0 heterocycles. The lowest BCUT2D eigenvalue weighted by Gasteiger charge is -2.19. The van der Waals surface area contributed by atoms with E-state index in [2.05, 4.69) is 0 Å². The smallest absolute Gasteiger partial charge is 0.391 e. The van der Waals surface area contributed by atoms with Gasteiger partial charge in [-0.3, -0.25) is 0 Å². The molecule has 0 aromatic heterocycles. The van der Waals surface area contributed by atoms with Crippen LogP contribution in [-0.2, 0) is 0 Å². The monoisotopic (exact) mass is 198 g/mol. The van der Waals surface area contributed by atoms with Crippen LogP contribution in [0.4, 0.5) is 13.2 Å². The Morgan fingerprint density at radius 2 is 1.69 bits per heavy atom. The molecule has 4 heteroatoms. The number of hydrogen-bond acceptors (Lipinski definition) is 1. The molecule has 80 valence electrons. The Bertz CT molecular complexity index is 115. The van der Waals surface area contributed by atoms with Gasteiger partial charge in [-0.25, -0.2) is 0 Å². The average Bonchev–Trinajstić information content (AvgIpc) is 2.02. The third-order valence-corrected chi connectivity index (χ3v) is 2.08. The third kappa shape index (κ3) is 5.91. The Hall–Kier alpha value is -0.250. The van der Waals surface area contributed by atoms with E-state index >= 15 is 0 Å². The van der Waals surface area contributed by atoms with Crippen molar-refractivity contribution in [3.05, 3.63) is 0 Å². The molecule has 0 amide bonds. The Morgan fingerprint density at radius 3 is 2.08 bits per heavy atom. The topological polar surface area (TPSA) is 20.2 Å². The molecule has 1 atom stereocenters. The van der Waals surface area contributed by atoms with Crippen molar-refractivity contribution in [1.29, 1.82) is 0 Å². The fourth-order valence-corrected chi connectivity index (χ4v) is 1.26. The van der Waals surface area contributed by atoms with Gasteiger partial charge in [-0.1, -0.05) is 19.8 Å². The number of alkyl halides is 3. The fourth-order valence-electron chi connectivity index (χ4n) is 1.26. The van der Waals surface area contributed by atoms with Gasteiger partial charge >= 0.3 is 6.18 Å². The molecule has 0 aliphatic carbocycles. The molecule has 0 saturated carbocycles. The van der Waals surface area contributed by atoms with Crippen LogP contribution >= 0.6 is 0 Å². The number of aliphatic hydroxyl groups excluding tert-OH is 1. The van der Waals surface area contributed by atoms with Crippen LogP contribution in [-0.4, -0.2) is 17.9 Å². The molecule has 0 saturated heterocycles. The van der Waals surface area contributed by atoms with Gasteiger partial charge in [-0.05, 0) is 19.3 Å². The molecule has 1 nitrogen and oxygen atoms in total. The van der Waals surface area contributed by atoms with Gasteiger partial charge in [0.25, 0.3) is 0 Å². The summed E-state index contributed by atoms with van der Waals surface area (Å²) in [4.78, 5) is 0. The summed E-state index contributed by atoms with van der Waals surface area (Å²) in [5.41, 5.74) is 0. The van der Waals surface area contributed by atoms with E-state index in [4.69, 9.17) is 5.11 Å². The first-order chi connectivity index (χ1) is 6.02. The molecule has 0 fully saturated rings. The summed E-state index contributed by atoms with van der Waals surface area (Å²) in [5.74, 6) is -1.22. The van der Waals surface area contributed by atoms with Crippen LogP contribution in [0.15, 0.2) is 0 Å². The Kier molecular flexibility index (Phi) is 6.12. The molecule has 0 spiro atoms. The first-order valence-electron chi connectivity index (χ1n) is 4.70. The summed E-state index contributed by atoms with van der Waals surface area (Å²) in [6, 6.07) is 0. The van der Waals surface area contributed by atoms with Gasteiger partial charge < -0.3 is 5.11 Å². The highest BCUT2D eigenvalue weighted by Gasteiger charge is 2.37. The number of rotatable bonds is 6. The lowest BCUT2D eigenvalue weighted by Crippen LogP contribution is -2.23. The van der Waals surface area contributed by atoms with Crippen molar-refractivity contribution in [1.82, 2.24) is 0 Å². The highest BCUT2D eigenvalue weighted by atomic mass is 19.4. The maximum atomic E-state index is 12.3. The lowest BCUT2D eigenvalue weighted by molar-refractivity contribution is -0.179. The second-order valence-corrected chi connectivity index (χ2v) is 3.25. The van der Waals surface area contributed by atoms with E-state index in [9.17, 15) is 13.2 Å². The first-order valence-corrected chi connectivity index (χ1v) is 4.70. The van der Waals surface area contributed by atoms with E-state index in [1.807, 2.05) is 6.92 Å². The van der Waals surface area contributed by atoms with Crippen molar-refractivity contribution in [3.63, 3.8) is 0 Å². The van der Waals surface area contributed by atoms with Gasteiger partial charge in [0, 0.05) is 6.61 Å². The normalized spacial score (nSPS) is 14.5. The van der Waals surface area contributed by atoms with Gasteiger partial charge in [-0.2, -0.15) is 13.2 Å². The predicted octanol–water partition coefficient (Wildman–Crippen LogP) is 3.13. The van der Waals surface area contributed by atoms with Crippen molar-refractivity contribution < 1.29 is 18.3 Å². The van der Waals surface area contributed by atoms with E-state index in [1.165, 1.54) is 0 Å². The first kappa shape index (κ1) is 12.8. The van der Waals surface area contributed by atoms with Gasteiger partial charge in [0.05, 0.1) is 5.92 Å². The van der Waals surface area contributed by atoms with Crippen LogP contribution < -0.4 is 0 Å². The molecular weight excluding hydrogens is 181 g/mol. The van der Waals surface area contributed by atoms with E-state index in [0.717, 1.165) is 6.42 Å². The molecule has 0 radical (unpaired) electrons. The van der Waals surface area contributed by atoms with Gasteiger partial charge in [0.15, 0.2) is 0 Å². The number of aliphatic hydroxyl groups is 1. The SMILES string of the molecule is CCCCC(CCCO)C(F)(F)F. The summed E-state index contributed by atoms with van der Waals surface area (Å²) < 4.78 is 36.9. The van der Waals surface area contributed by atoms with Crippen molar-refractivity contribution in [2.45, 2.75) is 45.2 Å². The maximum absolute atomic E-state index is 12.3. The van der Waals surface area contributed by atoms with Gasteiger partial charge in [-0.15, -0.1) is 0 Å². The maximum Gasteiger partial charge on any atom is 0.391 e. The Balaban J connectivity index is 3.88. The second kappa shape index (κ2) is 6.24. The van der Waals surface area contributed by atoms with Crippen molar-refractivity contribution in [2.75, 3.05) is 6.61 Å². The van der Waals surface area contributed by atoms with Crippen LogP contribution in [0.3, 0.4) is 0 Å². The third-order valence-electron chi connectivity index (χ3n) is 2.08. The van der Waals surface area contributed by atoms with Crippen LogP contribution in [0.1, 0.15) is 39.0 Å². The fraction of sp³-hybridized carbons (Fsp3) is 1.00. The largest absolute Gasteiger partial charge is 0.396 e. The average molecular weight is 198 g/mol. The van der Waals surface area contributed by atoms with Crippen LogP contribution in [0, 0.1) is 5.92 Å². The highest BCUT2D eigenvalue weighted by molar-refractivity contribution is 4.67. The van der Waals surface area contributed by atoms with Crippen molar-refractivity contribution >= 4 is 0 Å². The summed E-state index contributed by atoms with van der Waals surface area (Å²) in [7, 11) is 0. The zero-order valence-electron chi connectivity index (χ0n) is 7.90. The van der Waals surface area contributed by atoms with E-state index in [1.54, 1.807) is 0 Å². The van der Waals surface area contributed by atoms with Gasteiger partial charge in [0.2, 0.25) is 0 Å². The molecule has 0 aliphatic rings. The number of unbranched alkanes of at least 4 members (excludes halogenated alkanes) is 1. The Morgan fingerprint density at radius 1 is 1.15 bits per heavy atom. The summed E-state index contributed by atoms with van der Waals surface area (Å²) in [5, 5.41) is 8.44. The molecular formula is C9H17F3O. The quantitative estimate of drug-likeness (QED) is 0.695. The van der Waals surface area contributed by atoms with E-state index < -0.39 is 12.1 Å². The van der Waals surface area contributed by atoms with Crippen LogP contribution in [0.2, 0.25) is 0 Å². The summed E-state index contributed by atoms with van der Waals surface area (Å²) in [6.07, 6.45) is -2.21. The molecule has 0 aromatic rings. The second-order valence-electron chi connectivity index (χ2n) is 3.25. The van der Waals surface area contributed by atoms with Gasteiger partial charge in [0.1, 0.15) is 0 Å². The zero-order valence-corrected chi connectivity index (χ0v) is 7.90. The molecule has 0 bridgehead atoms. The minimum Gasteiger partial charge on any atom is -0.396 e. The van der Waals surface area contributed by atoms with Crippen molar-refractivity contribution in [2.24, 2.45) is 5.92 Å². The zero-order chi connectivity index (χ0) is 10.3. The van der Waals surface area contributed by atoms with E-state index in [-0.39, 0.29) is 25.9 Å². The molecule has 1 N–H and O–H groups in total. The van der Waals surface area contributed by atoms with Crippen molar-refractivity contribution in [3.8, 4) is 0 Å². The van der Waals surface area contributed by atoms with Crippen LogP contribution in [0.25, 0.3) is 0 Å². The molecule has 1 unspecified atom stereocenters. The highest BCUT2D eigenvalue weighted by Crippen LogP contribution is 2.33. The molecule has 0 rings (SSSR count). The minimum atomic E-state index is -4.09. The molecule has 0 aliphatic heterocycles.